The highest BCUT2D eigenvalue weighted by Crippen LogP contribution is 2.01. The van der Waals surface area contributed by atoms with E-state index in [1.807, 2.05) is 0 Å². The number of amides is 1. The number of nitrogens with zero attached hydrogens (tertiary/aromatic N) is 1. The topological polar surface area (TPSA) is 92.9 Å². The number of carbonyl (C=O) groups excluding carboxylic acids is 1. The molecule has 6 heteroatoms. The summed E-state index contributed by atoms with van der Waals surface area (Å²) in [6.45, 7) is 3.22. The largest absolute Gasteiger partial charge is 0.480 e. The van der Waals surface area contributed by atoms with Crippen LogP contribution >= 0.6 is 0 Å². The van der Waals surface area contributed by atoms with Crippen LogP contribution in [0.2, 0.25) is 0 Å². The van der Waals surface area contributed by atoms with Gasteiger partial charge >= 0.3 is 5.97 Å². The molecular weight excluding hydrogens is 200 g/mol. The smallest absolute Gasteiger partial charge is 0.323 e. The van der Waals surface area contributed by atoms with Crippen molar-refractivity contribution in [2.75, 3.05) is 20.3 Å². The second kappa shape index (κ2) is 6.36. The average molecular weight is 218 g/mol. The Morgan fingerprint density at radius 3 is 2.33 bits per heavy atom. The Bertz CT molecular complexity index is 230. The van der Waals surface area contributed by atoms with Crippen LogP contribution in [-0.4, -0.2) is 54.2 Å². The molecule has 0 aromatic rings. The highest BCUT2D eigenvalue weighted by molar-refractivity contribution is 5.85. The van der Waals surface area contributed by atoms with Crippen LogP contribution in [0.25, 0.3) is 0 Å². The van der Waals surface area contributed by atoms with E-state index in [4.69, 9.17) is 15.6 Å². The van der Waals surface area contributed by atoms with Gasteiger partial charge < -0.3 is 20.5 Å². The molecule has 1 amide bonds. The Labute approximate surface area is 89.0 Å². The molecule has 1 atom stereocenters. The molecule has 15 heavy (non-hydrogen) atoms. The third-order valence-corrected chi connectivity index (χ3v) is 1.88. The minimum Gasteiger partial charge on any atom is -0.480 e. The lowest BCUT2D eigenvalue weighted by molar-refractivity contribution is -0.146. The summed E-state index contributed by atoms with van der Waals surface area (Å²) >= 11 is 0. The summed E-state index contributed by atoms with van der Waals surface area (Å²) in [6.07, 6.45) is 0. The van der Waals surface area contributed by atoms with Crippen molar-refractivity contribution in [1.29, 1.82) is 0 Å². The first-order valence-corrected chi connectivity index (χ1v) is 4.67. The maximum absolute atomic E-state index is 11.7. The van der Waals surface area contributed by atoms with E-state index in [9.17, 15) is 9.59 Å². The molecule has 6 nitrogen and oxygen atoms in total. The summed E-state index contributed by atoms with van der Waals surface area (Å²) in [7, 11) is 1.43. The fourth-order valence-electron chi connectivity index (χ4n) is 1.12. The summed E-state index contributed by atoms with van der Waals surface area (Å²) in [5.74, 6) is -1.46. The van der Waals surface area contributed by atoms with Crippen LogP contribution in [0.5, 0.6) is 0 Å². The van der Waals surface area contributed by atoms with Crippen molar-refractivity contribution in [3.05, 3.63) is 0 Å². The summed E-state index contributed by atoms with van der Waals surface area (Å²) in [6, 6.07) is -1.01. The average Bonchev–Trinajstić information content (AvgIpc) is 2.12. The molecule has 0 aliphatic rings. The molecule has 3 N–H and O–H groups in total. The molecule has 0 aliphatic carbocycles. The Balaban J connectivity index is 4.47. The quantitative estimate of drug-likeness (QED) is 0.614. The van der Waals surface area contributed by atoms with Gasteiger partial charge in [0.05, 0.1) is 6.61 Å². The number of aliphatic carboxylic acids is 1. The highest BCUT2D eigenvalue weighted by Gasteiger charge is 2.24. The molecular formula is C9H18N2O4. The maximum atomic E-state index is 11.7. The predicted octanol–water partition coefficient (Wildman–Crippen LogP) is -0.718. The second-order valence-electron chi connectivity index (χ2n) is 3.52. The molecule has 0 radical (unpaired) electrons. The maximum Gasteiger partial charge on any atom is 0.323 e. The fraction of sp³-hybridized carbons (Fsp3) is 0.778. The van der Waals surface area contributed by atoms with Gasteiger partial charge in [0.25, 0.3) is 0 Å². The van der Waals surface area contributed by atoms with Gasteiger partial charge in [-0.3, -0.25) is 9.59 Å². The molecule has 0 aromatic heterocycles. The van der Waals surface area contributed by atoms with Crippen LogP contribution in [0, 0.1) is 0 Å². The van der Waals surface area contributed by atoms with Crippen molar-refractivity contribution in [3.8, 4) is 0 Å². The van der Waals surface area contributed by atoms with Gasteiger partial charge in [-0.2, -0.15) is 0 Å². The molecule has 0 spiro atoms. The third kappa shape index (κ3) is 4.75. The zero-order valence-corrected chi connectivity index (χ0v) is 9.27. The van der Waals surface area contributed by atoms with Crippen LogP contribution in [0.3, 0.4) is 0 Å². The van der Waals surface area contributed by atoms with Gasteiger partial charge in [-0.15, -0.1) is 0 Å². The van der Waals surface area contributed by atoms with Crippen molar-refractivity contribution >= 4 is 11.9 Å². The number of hydrogen-bond acceptors (Lipinski definition) is 4. The first-order chi connectivity index (χ1) is 6.90. The first-order valence-electron chi connectivity index (χ1n) is 4.67. The molecule has 0 heterocycles. The molecule has 88 valence electrons. The van der Waals surface area contributed by atoms with Crippen molar-refractivity contribution in [1.82, 2.24) is 4.90 Å². The fourth-order valence-corrected chi connectivity index (χ4v) is 1.12. The van der Waals surface area contributed by atoms with Crippen LogP contribution in [0.1, 0.15) is 13.8 Å². The highest BCUT2D eigenvalue weighted by atomic mass is 16.5. The summed E-state index contributed by atoms with van der Waals surface area (Å²) in [4.78, 5) is 23.4. The minimum atomic E-state index is -1.05. The van der Waals surface area contributed by atoms with Gasteiger partial charge in [0.2, 0.25) is 5.91 Å². The summed E-state index contributed by atoms with van der Waals surface area (Å²) < 4.78 is 4.74. The molecule has 1 unspecified atom stereocenters. The van der Waals surface area contributed by atoms with E-state index >= 15 is 0 Å². The van der Waals surface area contributed by atoms with E-state index < -0.39 is 17.9 Å². The zero-order valence-electron chi connectivity index (χ0n) is 9.27. The van der Waals surface area contributed by atoms with Gasteiger partial charge in [-0.1, -0.05) is 0 Å². The van der Waals surface area contributed by atoms with Gasteiger partial charge in [-0.25, -0.2) is 0 Å². The number of hydrogen-bond donors (Lipinski definition) is 2. The van der Waals surface area contributed by atoms with Crippen molar-refractivity contribution in [3.63, 3.8) is 0 Å². The lowest BCUT2D eigenvalue weighted by atomic mass is 10.2. The summed E-state index contributed by atoms with van der Waals surface area (Å²) in [5.41, 5.74) is 5.53. The Morgan fingerprint density at radius 1 is 1.47 bits per heavy atom. The number of methoxy groups -OCH3 is 1. The standard InChI is InChI=1S/C9H18N2O4/c1-6(2)11(4-8(12)13)9(14)7(10)5-15-3/h6-7H,4-5,10H2,1-3H3,(H,12,13). The van der Waals surface area contributed by atoms with Gasteiger partial charge in [0.15, 0.2) is 0 Å². The molecule has 0 fully saturated rings. The van der Waals surface area contributed by atoms with Gasteiger partial charge in [0.1, 0.15) is 12.6 Å². The third-order valence-electron chi connectivity index (χ3n) is 1.88. The summed E-state index contributed by atoms with van der Waals surface area (Å²) in [5, 5.41) is 8.63. The normalized spacial score (nSPS) is 12.6. The molecule has 0 aromatic carbocycles. The predicted molar refractivity (Wildman–Crippen MR) is 54.3 cm³/mol. The Hall–Kier alpha value is -1.14. The van der Waals surface area contributed by atoms with E-state index in [1.165, 1.54) is 12.0 Å². The van der Waals surface area contributed by atoms with Crippen molar-refractivity contribution in [2.45, 2.75) is 25.9 Å². The van der Waals surface area contributed by atoms with Crippen molar-refractivity contribution < 1.29 is 19.4 Å². The zero-order chi connectivity index (χ0) is 12.0. The monoisotopic (exact) mass is 218 g/mol. The van der Waals surface area contributed by atoms with Crippen LogP contribution < -0.4 is 5.73 Å². The first kappa shape index (κ1) is 13.9. The lowest BCUT2D eigenvalue weighted by Gasteiger charge is -2.27. The number of carbonyl (C=O) groups is 2. The van der Waals surface area contributed by atoms with E-state index in [2.05, 4.69) is 0 Å². The number of nitrogens with two attached hydrogens (primary N) is 1. The molecule has 0 aliphatic heterocycles. The number of rotatable bonds is 6. The van der Waals surface area contributed by atoms with E-state index in [0.717, 1.165) is 0 Å². The van der Waals surface area contributed by atoms with Crippen LogP contribution in [0.4, 0.5) is 0 Å². The molecule has 0 bridgehead atoms. The number of carboxylic acid groups (broad SMARTS) is 1. The second-order valence-corrected chi connectivity index (χ2v) is 3.52. The van der Waals surface area contributed by atoms with Crippen LogP contribution in [-0.2, 0) is 14.3 Å². The van der Waals surface area contributed by atoms with Crippen molar-refractivity contribution in [2.24, 2.45) is 5.73 Å². The van der Waals surface area contributed by atoms with E-state index in [0.29, 0.717) is 0 Å². The van der Waals surface area contributed by atoms with E-state index in [-0.39, 0.29) is 19.2 Å². The molecule has 0 saturated heterocycles. The minimum absolute atomic E-state index is 0.0850. The molecule has 0 saturated carbocycles. The number of carboxylic acids is 1. The SMILES string of the molecule is COCC(N)C(=O)N(CC(=O)O)C(C)C. The van der Waals surface area contributed by atoms with E-state index in [1.54, 1.807) is 13.8 Å². The van der Waals surface area contributed by atoms with Gasteiger partial charge in [-0.05, 0) is 13.8 Å². The van der Waals surface area contributed by atoms with Crippen LogP contribution in [0.15, 0.2) is 0 Å². The molecule has 0 rings (SSSR count). The van der Waals surface area contributed by atoms with Gasteiger partial charge in [0, 0.05) is 13.2 Å². The number of ether oxygens (including phenoxy) is 1. The lowest BCUT2D eigenvalue weighted by Crippen LogP contribution is -2.50. The Morgan fingerprint density at radius 2 is 2.00 bits per heavy atom. The Kier molecular flexibility index (Phi) is 5.88.